The van der Waals surface area contributed by atoms with Crippen LogP contribution < -0.4 is 5.32 Å². The van der Waals surface area contributed by atoms with Crippen molar-refractivity contribution < 1.29 is 4.79 Å². The Labute approximate surface area is 109 Å². The highest BCUT2D eigenvalue weighted by molar-refractivity contribution is 5.93. The van der Waals surface area contributed by atoms with Gasteiger partial charge in [0.1, 0.15) is 5.69 Å². The smallest absolute Gasteiger partial charge is 0.270 e. The third kappa shape index (κ3) is 2.43. The summed E-state index contributed by atoms with van der Waals surface area (Å²) in [6.45, 7) is 8.96. The minimum absolute atomic E-state index is 0.157. The van der Waals surface area contributed by atoms with E-state index in [-0.39, 0.29) is 5.91 Å². The highest BCUT2D eigenvalue weighted by Gasteiger charge is 2.27. The molecule has 2 rings (SSSR count). The van der Waals surface area contributed by atoms with Gasteiger partial charge >= 0.3 is 0 Å². The highest BCUT2D eigenvalue weighted by atomic mass is 16.2. The number of amides is 1. The number of hydrogen-bond acceptors (Lipinski definition) is 2. The maximum Gasteiger partial charge on any atom is 0.270 e. The van der Waals surface area contributed by atoms with E-state index >= 15 is 0 Å². The molecular weight excluding hydrogens is 226 g/mol. The molecule has 1 saturated heterocycles. The Hall–Kier alpha value is -1.29. The number of carbonyl (C=O) groups is 1. The lowest BCUT2D eigenvalue weighted by molar-refractivity contribution is 0.0691. The lowest BCUT2D eigenvalue weighted by atomic mass is 10.2. The second-order valence-corrected chi connectivity index (χ2v) is 5.13. The zero-order valence-corrected chi connectivity index (χ0v) is 11.5. The zero-order chi connectivity index (χ0) is 13.1. The van der Waals surface area contributed by atoms with Gasteiger partial charge in [-0.3, -0.25) is 4.79 Å². The van der Waals surface area contributed by atoms with Gasteiger partial charge in [0.25, 0.3) is 5.91 Å². The van der Waals surface area contributed by atoms with E-state index in [2.05, 4.69) is 26.1 Å². The summed E-state index contributed by atoms with van der Waals surface area (Å²) in [5.74, 6) is 0.157. The van der Waals surface area contributed by atoms with Gasteiger partial charge in [-0.15, -0.1) is 0 Å². The molecule has 0 aromatic carbocycles. The Bertz CT molecular complexity index is 405. The van der Waals surface area contributed by atoms with Crippen LogP contribution in [0.2, 0.25) is 0 Å². The first-order valence-electron chi connectivity index (χ1n) is 6.83. The van der Waals surface area contributed by atoms with E-state index in [1.54, 1.807) is 0 Å². The van der Waals surface area contributed by atoms with E-state index in [4.69, 9.17) is 0 Å². The van der Waals surface area contributed by atoms with Crippen LogP contribution in [-0.2, 0) is 0 Å². The summed E-state index contributed by atoms with van der Waals surface area (Å²) >= 11 is 0. The molecule has 0 saturated carbocycles. The van der Waals surface area contributed by atoms with Crippen LogP contribution in [0.3, 0.4) is 0 Å². The maximum atomic E-state index is 12.6. The summed E-state index contributed by atoms with van der Waals surface area (Å²) in [6.07, 6.45) is 3.04. The number of carbonyl (C=O) groups excluding carboxylic acids is 1. The molecule has 0 spiro atoms. The molecule has 4 nitrogen and oxygen atoms in total. The third-order valence-electron chi connectivity index (χ3n) is 3.63. The summed E-state index contributed by atoms with van der Waals surface area (Å²) in [4.78, 5) is 14.6. The second-order valence-electron chi connectivity index (χ2n) is 5.13. The molecule has 1 aromatic rings. The topological polar surface area (TPSA) is 37.3 Å². The molecule has 1 unspecified atom stereocenters. The van der Waals surface area contributed by atoms with E-state index in [1.807, 2.05) is 27.8 Å². The molecule has 1 N–H and O–H groups in total. The highest BCUT2D eigenvalue weighted by Crippen LogP contribution is 2.16. The van der Waals surface area contributed by atoms with Gasteiger partial charge in [0, 0.05) is 31.4 Å². The van der Waals surface area contributed by atoms with Gasteiger partial charge in [0.15, 0.2) is 0 Å². The van der Waals surface area contributed by atoms with Crippen molar-refractivity contribution in [3.05, 3.63) is 24.0 Å². The van der Waals surface area contributed by atoms with Crippen LogP contribution in [0.5, 0.6) is 0 Å². The Morgan fingerprint density at radius 1 is 1.61 bits per heavy atom. The van der Waals surface area contributed by atoms with Crippen molar-refractivity contribution in [1.82, 2.24) is 14.8 Å². The molecule has 0 aliphatic carbocycles. The minimum Gasteiger partial charge on any atom is -0.341 e. The van der Waals surface area contributed by atoms with Gasteiger partial charge in [-0.1, -0.05) is 0 Å². The molecule has 1 fully saturated rings. The van der Waals surface area contributed by atoms with Crippen LogP contribution in [0.15, 0.2) is 18.3 Å². The molecule has 1 aliphatic rings. The van der Waals surface area contributed by atoms with E-state index in [0.717, 1.165) is 31.7 Å². The van der Waals surface area contributed by atoms with Gasteiger partial charge in [0.05, 0.1) is 0 Å². The van der Waals surface area contributed by atoms with Crippen molar-refractivity contribution in [2.24, 2.45) is 0 Å². The van der Waals surface area contributed by atoms with Gasteiger partial charge in [-0.05, 0) is 45.9 Å². The summed E-state index contributed by atoms with van der Waals surface area (Å²) in [5, 5.41) is 3.32. The van der Waals surface area contributed by atoms with Gasteiger partial charge < -0.3 is 14.8 Å². The summed E-state index contributed by atoms with van der Waals surface area (Å²) in [7, 11) is 0. The summed E-state index contributed by atoms with van der Waals surface area (Å²) in [5.41, 5.74) is 0.804. The van der Waals surface area contributed by atoms with Crippen LogP contribution in [0.25, 0.3) is 0 Å². The molecule has 0 bridgehead atoms. The largest absolute Gasteiger partial charge is 0.341 e. The van der Waals surface area contributed by atoms with Crippen LogP contribution in [0, 0.1) is 0 Å². The minimum atomic E-state index is 0.157. The van der Waals surface area contributed by atoms with Crippen LogP contribution in [0.1, 0.15) is 43.7 Å². The normalized spacial score (nSPS) is 19.4. The lowest BCUT2D eigenvalue weighted by Gasteiger charge is -2.28. The molecule has 0 radical (unpaired) electrons. The van der Waals surface area contributed by atoms with Gasteiger partial charge in [-0.25, -0.2) is 0 Å². The Kier molecular flexibility index (Phi) is 4.07. The Morgan fingerprint density at radius 3 is 2.94 bits per heavy atom. The Morgan fingerprint density at radius 2 is 2.39 bits per heavy atom. The fraction of sp³-hybridized carbons (Fsp3) is 0.643. The van der Waals surface area contributed by atoms with Crippen molar-refractivity contribution >= 4 is 5.91 Å². The SMILES string of the molecule is CCN(C(=O)c1cccn1C(C)C)C1CCNC1. The van der Waals surface area contributed by atoms with Crippen LogP contribution in [0.4, 0.5) is 0 Å². The molecule has 2 heterocycles. The molecule has 1 aromatic heterocycles. The molecule has 1 amide bonds. The number of nitrogens with one attached hydrogen (secondary N) is 1. The van der Waals surface area contributed by atoms with E-state index in [0.29, 0.717) is 12.1 Å². The fourth-order valence-corrected chi connectivity index (χ4v) is 2.65. The average molecular weight is 249 g/mol. The second kappa shape index (κ2) is 5.57. The quantitative estimate of drug-likeness (QED) is 0.885. The number of hydrogen-bond donors (Lipinski definition) is 1. The molecule has 1 atom stereocenters. The Balaban J connectivity index is 2.20. The first-order chi connectivity index (χ1) is 8.65. The molecular formula is C14H23N3O. The number of aromatic nitrogens is 1. The van der Waals surface area contributed by atoms with Crippen molar-refractivity contribution in [2.75, 3.05) is 19.6 Å². The average Bonchev–Trinajstić information content (AvgIpc) is 3.00. The lowest BCUT2D eigenvalue weighted by Crippen LogP contribution is -2.42. The molecule has 18 heavy (non-hydrogen) atoms. The molecule has 1 aliphatic heterocycles. The van der Waals surface area contributed by atoms with Crippen molar-refractivity contribution in [1.29, 1.82) is 0 Å². The summed E-state index contributed by atoms with van der Waals surface area (Å²) < 4.78 is 2.05. The number of rotatable bonds is 4. The van der Waals surface area contributed by atoms with Crippen molar-refractivity contribution in [2.45, 2.75) is 39.3 Å². The first-order valence-corrected chi connectivity index (χ1v) is 6.83. The van der Waals surface area contributed by atoms with Crippen LogP contribution in [-0.4, -0.2) is 41.1 Å². The monoisotopic (exact) mass is 249 g/mol. The van der Waals surface area contributed by atoms with Gasteiger partial charge in [0.2, 0.25) is 0 Å². The third-order valence-corrected chi connectivity index (χ3v) is 3.63. The van der Waals surface area contributed by atoms with E-state index < -0.39 is 0 Å². The van der Waals surface area contributed by atoms with E-state index in [1.165, 1.54) is 0 Å². The predicted octanol–water partition coefficient (Wildman–Crippen LogP) is 1.89. The van der Waals surface area contributed by atoms with Crippen molar-refractivity contribution in [3.8, 4) is 0 Å². The standard InChI is InChI=1S/C14H23N3O/c1-4-16(12-7-8-15-10-12)14(18)13-6-5-9-17(13)11(2)3/h5-6,9,11-12,15H,4,7-8,10H2,1-3H3. The van der Waals surface area contributed by atoms with E-state index in [9.17, 15) is 4.79 Å². The van der Waals surface area contributed by atoms with Crippen molar-refractivity contribution in [3.63, 3.8) is 0 Å². The summed E-state index contributed by atoms with van der Waals surface area (Å²) in [6, 6.07) is 4.54. The molecule has 100 valence electrons. The van der Waals surface area contributed by atoms with Gasteiger partial charge in [-0.2, -0.15) is 0 Å². The van der Waals surface area contributed by atoms with Crippen LogP contribution >= 0.6 is 0 Å². The molecule has 4 heteroatoms. The first kappa shape index (κ1) is 13.1. The zero-order valence-electron chi connectivity index (χ0n) is 11.5. The number of likely N-dealkylation sites (N-methyl/N-ethyl adjacent to an activating group) is 1. The number of nitrogens with zero attached hydrogens (tertiary/aromatic N) is 2. The predicted molar refractivity (Wildman–Crippen MR) is 72.8 cm³/mol. The fourth-order valence-electron chi connectivity index (χ4n) is 2.65. The maximum absolute atomic E-state index is 12.6.